The zero-order valence-corrected chi connectivity index (χ0v) is 15.5. The number of aromatic hydroxyl groups is 1. The van der Waals surface area contributed by atoms with Gasteiger partial charge in [-0.05, 0) is 22.9 Å². The first-order valence-corrected chi connectivity index (χ1v) is 8.76. The Labute approximate surface area is 170 Å². The van der Waals surface area contributed by atoms with Crippen molar-refractivity contribution in [1.82, 2.24) is 10.7 Å². The van der Waals surface area contributed by atoms with E-state index in [1.165, 1.54) is 36.5 Å². The van der Waals surface area contributed by atoms with E-state index < -0.39 is 16.9 Å². The number of anilines is 1. The van der Waals surface area contributed by atoms with Crippen LogP contribution in [-0.4, -0.2) is 34.7 Å². The maximum atomic E-state index is 11.9. The highest BCUT2D eigenvalue weighted by Crippen LogP contribution is 2.25. The molecule has 3 aromatic carbocycles. The van der Waals surface area contributed by atoms with Crippen LogP contribution in [0.4, 0.5) is 16.2 Å². The van der Waals surface area contributed by atoms with Crippen LogP contribution in [0.25, 0.3) is 10.8 Å². The molecule has 0 spiro atoms. The molecule has 0 fully saturated rings. The molecule has 0 aliphatic rings. The Hall–Kier alpha value is -4.47. The minimum absolute atomic E-state index is 0.0150. The SMILES string of the molecule is O=C(CNC(=O)Nc1cccc([N+](=O)[O-])c1)NN=Cc1c(O)ccc2ccccc12. The molecular weight excluding hydrogens is 390 g/mol. The summed E-state index contributed by atoms with van der Waals surface area (Å²) in [6, 6.07) is 15.4. The minimum atomic E-state index is -0.707. The van der Waals surface area contributed by atoms with Crippen molar-refractivity contribution in [2.24, 2.45) is 5.10 Å². The van der Waals surface area contributed by atoms with Gasteiger partial charge in [0.2, 0.25) is 0 Å². The number of nitrogens with one attached hydrogen (secondary N) is 3. The van der Waals surface area contributed by atoms with Crippen LogP contribution in [0.1, 0.15) is 5.56 Å². The van der Waals surface area contributed by atoms with Gasteiger partial charge >= 0.3 is 6.03 Å². The van der Waals surface area contributed by atoms with E-state index in [0.29, 0.717) is 5.56 Å². The molecule has 4 N–H and O–H groups in total. The van der Waals surface area contributed by atoms with Crippen molar-refractivity contribution < 1.29 is 19.6 Å². The van der Waals surface area contributed by atoms with Crippen LogP contribution in [0.2, 0.25) is 0 Å². The summed E-state index contributed by atoms with van der Waals surface area (Å²) in [5.41, 5.74) is 2.75. The Kier molecular flexibility index (Phi) is 6.18. The highest BCUT2D eigenvalue weighted by molar-refractivity contribution is 6.02. The number of nitro benzene ring substituents is 1. The Morgan fingerprint density at radius 3 is 2.70 bits per heavy atom. The van der Waals surface area contributed by atoms with Crippen molar-refractivity contribution in [1.29, 1.82) is 0 Å². The smallest absolute Gasteiger partial charge is 0.319 e. The summed E-state index contributed by atoms with van der Waals surface area (Å²) >= 11 is 0. The van der Waals surface area contributed by atoms with Crippen LogP contribution < -0.4 is 16.1 Å². The molecule has 0 saturated heterocycles. The standard InChI is InChI=1S/C20H17N5O5/c26-18-9-8-13-4-1-2-7-16(13)17(18)11-22-24-19(27)12-21-20(28)23-14-5-3-6-15(10-14)25(29)30/h1-11,26H,12H2,(H,24,27)(H2,21,23,28). The number of phenolic OH excluding ortho intramolecular Hbond substituents is 1. The molecule has 0 aliphatic carbocycles. The van der Waals surface area contributed by atoms with Crippen LogP contribution in [0.3, 0.4) is 0 Å². The van der Waals surface area contributed by atoms with Gasteiger partial charge in [-0.25, -0.2) is 10.2 Å². The third-order valence-corrected chi connectivity index (χ3v) is 4.05. The Morgan fingerprint density at radius 2 is 1.90 bits per heavy atom. The second-order valence-corrected chi connectivity index (χ2v) is 6.13. The number of hydrogen-bond acceptors (Lipinski definition) is 6. The van der Waals surface area contributed by atoms with Crippen molar-refractivity contribution in [3.63, 3.8) is 0 Å². The molecule has 0 atom stereocenters. The normalized spacial score (nSPS) is 10.7. The summed E-state index contributed by atoms with van der Waals surface area (Å²) in [5, 5.41) is 31.0. The fourth-order valence-electron chi connectivity index (χ4n) is 2.66. The largest absolute Gasteiger partial charge is 0.507 e. The monoisotopic (exact) mass is 407 g/mol. The number of nitrogens with zero attached hydrogens (tertiary/aromatic N) is 2. The number of hydrogen-bond donors (Lipinski definition) is 4. The molecule has 10 nitrogen and oxygen atoms in total. The Balaban J connectivity index is 1.53. The van der Waals surface area contributed by atoms with Crippen molar-refractivity contribution in [3.8, 4) is 5.75 Å². The lowest BCUT2D eigenvalue weighted by Gasteiger charge is -2.07. The third-order valence-electron chi connectivity index (χ3n) is 4.05. The van der Waals surface area contributed by atoms with E-state index in [1.807, 2.05) is 24.3 Å². The number of carbonyl (C=O) groups is 2. The first kappa shape index (κ1) is 20.3. The van der Waals surface area contributed by atoms with Crippen molar-refractivity contribution in [3.05, 3.63) is 76.3 Å². The van der Waals surface area contributed by atoms with Gasteiger partial charge in [0.25, 0.3) is 11.6 Å². The van der Waals surface area contributed by atoms with Gasteiger partial charge in [-0.2, -0.15) is 5.10 Å². The molecule has 152 valence electrons. The molecule has 0 radical (unpaired) electrons. The number of carbonyl (C=O) groups excluding carboxylic acids is 2. The number of hydrazone groups is 1. The van der Waals surface area contributed by atoms with E-state index in [2.05, 4.69) is 21.2 Å². The summed E-state index contributed by atoms with van der Waals surface area (Å²) < 4.78 is 0. The van der Waals surface area contributed by atoms with Crippen LogP contribution in [0.5, 0.6) is 5.75 Å². The molecule has 0 saturated carbocycles. The van der Waals surface area contributed by atoms with Crippen molar-refractivity contribution in [2.45, 2.75) is 0 Å². The van der Waals surface area contributed by atoms with Gasteiger partial charge in [0.1, 0.15) is 12.3 Å². The van der Waals surface area contributed by atoms with Gasteiger partial charge < -0.3 is 15.7 Å². The van der Waals surface area contributed by atoms with Gasteiger partial charge in [0.05, 0.1) is 11.1 Å². The number of nitro groups is 1. The van der Waals surface area contributed by atoms with E-state index in [-0.39, 0.29) is 23.7 Å². The lowest BCUT2D eigenvalue weighted by Crippen LogP contribution is -2.37. The zero-order chi connectivity index (χ0) is 21.5. The second-order valence-electron chi connectivity index (χ2n) is 6.13. The van der Waals surface area contributed by atoms with Crippen LogP contribution in [0, 0.1) is 10.1 Å². The Bertz CT molecular complexity index is 1150. The molecule has 0 unspecified atom stereocenters. The summed E-state index contributed by atoms with van der Waals surface area (Å²) in [5.74, 6) is -0.582. The van der Waals surface area contributed by atoms with E-state index in [1.54, 1.807) is 6.07 Å². The predicted octanol–water partition coefficient (Wildman–Crippen LogP) is 2.73. The van der Waals surface area contributed by atoms with Crippen molar-refractivity contribution >= 4 is 40.3 Å². The molecule has 10 heteroatoms. The second kappa shape index (κ2) is 9.15. The number of rotatable bonds is 6. The van der Waals surface area contributed by atoms with E-state index in [9.17, 15) is 24.8 Å². The highest BCUT2D eigenvalue weighted by Gasteiger charge is 2.09. The van der Waals surface area contributed by atoms with Gasteiger partial charge in [-0.1, -0.05) is 36.4 Å². The molecule has 3 aromatic rings. The zero-order valence-electron chi connectivity index (χ0n) is 15.5. The molecular formula is C20H17N5O5. The third kappa shape index (κ3) is 5.07. The van der Waals surface area contributed by atoms with E-state index in [0.717, 1.165) is 10.8 Å². The number of non-ortho nitro benzene ring substituents is 1. The highest BCUT2D eigenvalue weighted by atomic mass is 16.6. The number of fused-ring (bicyclic) bond motifs is 1. The topological polar surface area (TPSA) is 146 Å². The fraction of sp³-hybridized carbons (Fsp3) is 0.0500. The quantitative estimate of drug-likeness (QED) is 0.282. The molecule has 3 amide bonds. The molecule has 0 bridgehead atoms. The molecule has 3 rings (SSSR count). The first-order chi connectivity index (χ1) is 14.4. The lowest BCUT2D eigenvalue weighted by molar-refractivity contribution is -0.384. The summed E-state index contributed by atoms with van der Waals surface area (Å²) in [6.45, 7) is -0.375. The average Bonchev–Trinajstić information content (AvgIpc) is 2.74. The van der Waals surface area contributed by atoms with E-state index in [4.69, 9.17) is 0 Å². The number of benzene rings is 3. The minimum Gasteiger partial charge on any atom is -0.507 e. The van der Waals surface area contributed by atoms with Gasteiger partial charge in [-0.15, -0.1) is 0 Å². The van der Waals surface area contributed by atoms with Gasteiger partial charge in [0.15, 0.2) is 0 Å². The number of amides is 3. The Morgan fingerprint density at radius 1 is 1.10 bits per heavy atom. The maximum Gasteiger partial charge on any atom is 0.319 e. The molecule has 0 aliphatic heterocycles. The summed E-state index contributed by atoms with van der Waals surface area (Å²) in [7, 11) is 0. The van der Waals surface area contributed by atoms with Gasteiger partial charge in [-0.3, -0.25) is 14.9 Å². The molecule has 0 heterocycles. The van der Waals surface area contributed by atoms with Crippen LogP contribution in [0.15, 0.2) is 65.8 Å². The molecule has 0 aromatic heterocycles. The average molecular weight is 407 g/mol. The fourth-order valence-corrected chi connectivity index (χ4v) is 2.66. The first-order valence-electron chi connectivity index (χ1n) is 8.76. The van der Waals surface area contributed by atoms with E-state index >= 15 is 0 Å². The molecule has 30 heavy (non-hydrogen) atoms. The van der Waals surface area contributed by atoms with Crippen molar-refractivity contribution in [2.75, 3.05) is 11.9 Å². The number of phenols is 1. The maximum absolute atomic E-state index is 11.9. The summed E-state index contributed by atoms with van der Waals surface area (Å²) in [6.07, 6.45) is 1.32. The summed E-state index contributed by atoms with van der Waals surface area (Å²) in [4.78, 5) is 33.9. The van der Waals surface area contributed by atoms with Gasteiger partial charge in [0, 0.05) is 23.4 Å². The number of urea groups is 1. The van der Waals surface area contributed by atoms with Crippen LogP contribution >= 0.6 is 0 Å². The lowest BCUT2D eigenvalue weighted by atomic mass is 10.0. The van der Waals surface area contributed by atoms with Crippen LogP contribution in [-0.2, 0) is 4.79 Å². The predicted molar refractivity (Wildman–Crippen MR) is 111 cm³/mol.